The predicted molar refractivity (Wildman–Crippen MR) is 72.4 cm³/mol. The van der Waals surface area contributed by atoms with E-state index in [1.165, 1.54) is 0 Å². The maximum Gasteiger partial charge on any atom is 0.228 e. The Morgan fingerprint density at radius 2 is 2.18 bits per heavy atom. The van der Waals surface area contributed by atoms with E-state index in [0.717, 1.165) is 31.7 Å². The highest BCUT2D eigenvalue weighted by Crippen LogP contribution is 2.29. The van der Waals surface area contributed by atoms with Gasteiger partial charge >= 0.3 is 0 Å². The Morgan fingerprint density at radius 3 is 2.71 bits per heavy atom. The van der Waals surface area contributed by atoms with Crippen LogP contribution >= 0.6 is 11.8 Å². The summed E-state index contributed by atoms with van der Waals surface area (Å²) < 4.78 is 5.25. The maximum absolute atomic E-state index is 12.4. The summed E-state index contributed by atoms with van der Waals surface area (Å²) in [5, 5.41) is 6.40. The highest BCUT2D eigenvalue weighted by atomic mass is 32.2. The van der Waals surface area contributed by atoms with Crippen LogP contribution < -0.4 is 10.6 Å². The largest absolute Gasteiger partial charge is 0.384 e. The van der Waals surface area contributed by atoms with Crippen LogP contribution in [0, 0.1) is 5.41 Å². The molecule has 0 radical (unpaired) electrons. The van der Waals surface area contributed by atoms with Crippen LogP contribution in [0.5, 0.6) is 0 Å². The fourth-order valence-electron chi connectivity index (χ4n) is 2.29. The van der Waals surface area contributed by atoms with Crippen LogP contribution in [0.15, 0.2) is 0 Å². The number of hydrogen-bond acceptors (Lipinski definition) is 4. The van der Waals surface area contributed by atoms with Crippen molar-refractivity contribution in [2.75, 3.05) is 38.8 Å². The third-order valence-electron chi connectivity index (χ3n) is 3.26. The number of piperidine rings is 1. The van der Waals surface area contributed by atoms with Crippen LogP contribution in [0.25, 0.3) is 0 Å². The molecule has 5 heteroatoms. The molecular formula is C12H24N2O2S. The summed E-state index contributed by atoms with van der Waals surface area (Å²) >= 11 is 1.75. The van der Waals surface area contributed by atoms with Gasteiger partial charge in [-0.05, 0) is 39.1 Å². The molecule has 1 aliphatic heterocycles. The molecule has 1 aliphatic rings. The van der Waals surface area contributed by atoms with Crippen molar-refractivity contribution in [1.82, 2.24) is 10.6 Å². The average molecular weight is 260 g/mol. The van der Waals surface area contributed by atoms with Crippen LogP contribution in [0.4, 0.5) is 0 Å². The summed E-state index contributed by atoms with van der Waals surface area (Å²) in [4.78, 5) is 12.4. The molecule has 2 N–H and O–H groups in total. The van der Waals surface area contributed by atoms with Gasteiger partial charge in [0, 0.05) is 18.9 Å². The summed E-state index contributed by atoms with van der Waals surface area (Å²) in [6.07, 6.45) is 3.77. The van der Waals surface area contributed by atoms with Gasteiger partial charge in [0.15, 0.2) is 0 Å². The van der Waals surface area contributed by atoms with E-state index in [2.05, 4.69) is 23.8 Å². The van der Waals surface area contributed by atoms with Crippen LogP contribution in [0.1, 0.15) is 19.8 Å². The Morgan fingerprint density at radius 1 is 1.53 bits per heavy atom. The molecule has 1 atom stereocenters. The number of ether oxygens (including phenoxy) is 1. The maximum atomic E-state index is 12.4. The highest BCUT2D eigenvalue weighted by molar-refractivity contribution is 7.98. The lowest BCUT2D eigenvalue weighted by Gasteiger charge is -2.36. The van der Waals surface area contributed by atoms with E-state index in [0.29, 0.717) is 6.61 Å². The lowest BCUT2D eigenvalue weighted by atomic mass is 9.78. The fourth-order valence-corrected chi connectivity index (χ4v) is 2.87. The normalized spacial score (nSPS) is 20.9. The Bertz CT molecular complexity index is 237. The highest BCUT2D eigenvalue weighted by Gasteiger charge is 2.39. The average Bonchev–Trinajstić information content (AvgIpc) is 2.30. The molecular weight excluding hydrogens is 236 g/mol. The number of amides is 1. The molecule has 1 heterocycles. The van der Waals surface area contributed by atoms with Gasteiger partial charge in [-0.25, -0.2) is 0 Å². The van der Waals surface area contributed by atoms with E-state index in [1.54, 1.807) is 18.9 Å². The zero-order valence-electron chi connectivity index (χ0n) is 11.0. The standard InChI is InChI=1S/C12H24N2O2S/c1-10(8-17-3)14-11(15)12(9-16-2)4-6-13-7-5-12/h10,13H,4-9H2,1-3H3,(H,14,15). The molecule has 0 bridgehead atoms. The molecule has 1 amide bonds. The van der Waals surface area contributed by atoms with Crippen molar-refractivity contribution < 1.29 is 9.53 Å². The molecule has 17 heavy (non-hydrogen) atoms. The van der Waals surface area contributed by atoms with E-state index in [9.17, 15) is 4.79 Å². The van der Waals surface area contributed by atoms with Crippen LogP contribution in [-0.2, 0) is 9.53 Å². The van der Waals surface area contributed by atoms with Crippen LogP contribution in [-0.4, -0.2) is 50.8 Å². The summed E-state index contributed by atoms with van der Waals surface area (Å²) in [6, 6.07) is 0.223. The fraction of sp³-hybridized carbons (Fsp3) is 0.917. The summed E-state index contributed by atoms with van der Waals surface area (Å²) in [5.74, 6) is 1.11. The molecule has 0 aromatic heterocycles. The zero-order chi connectivity index (χ0) is 12.7. The molecule has 1 saturated heterocycles. The molecule has 0 spiro atoms. The smallest absolute Gasteiger partial charge is 0.228 e. The molecule has 0 aromatic carbocycles. The van der Waals surface area contributed by atoms with Crippen LogP contribution in [0.2, 0.25) is 0 Å². The van der Waals surface area contributed by atoms with E-state index in [1.807, 2.05) is 0 Å². The monoisotopic (exact) mass is 260 g/mol. The van der Waals surface area contributed by atoms with Gasteiger partial charge in [0.05, 0.1) is 12.0 Å². The second kappa shape index (κ2) is 7.24. The van der Waals surface area contributed by atoms with Crippen molar-refractivity contribution in [3.05, 3.63) is 0 Å². The Kier molecular flexibility index (Phi) is 6.30. The Hall–Kier alpha value is -0.260. The van der Waals surface area contributed by atoms with Crippen molar-refractivity contribution >= 4 is 17.7 Å². The van der Waals surface area contributed by atoms with Gasteiger partial charge in [0.1, 0.15) is 0 Å². The van der Waals surface area contributed by atoms with Crippen molar-refractivity contribution in [3.63, 3.8) is 0 Å². The third-order valence-corrected chi connectivity index (χ3v) is 4.09. The molecule has 0 saturated carbocycles. The molecule has 100 valence electrons. The SMILES string of the molecule is COCC1(C(=O)NC(C)CSC)CCNCC1. The molecule has 1 fully saturated rings. The van der Waals surface area contributed by atoms with Crippen molar-refractivity contribution in [1.29, 1.82) is 0 Å². The number of thioether (sulfide) groups is 1. The van der Waals surface area contributed by atoms with Gasteiger partial charge in [0.25, 0.3) is 0 Å². The first-order valence-corrected chi connectivity index (χ1v) is 7.53. The van der Waals surface area contributed by atoms with Crippen molar-refractivity contribution in [2.45, 2.75) is 25.8 Å². The minimum absolute atomic E-state index is 0.155. The van der Waals surface area contributed by atoms with Gasteiger partial charge in [-0.1, -0.05) is 0 Å². The summed E-state index contributed by atoms with van der Waals surface area (Å²) in [6.45, 7) is 4.36. The van der Waals surface area contributed by atoms with Crippen LogP contribution in [0.3, 0.4) is 0 Å². The molecule has 1 unspecified atom stereocenters. The summed E-state index contributed by atoms with van der Waals surface area (Å²) in [5.41, 5.74) is -0.327. The van der Waals surface area contributed by atoms with E-state index in [4.69, 9.17) is 4.74 Å². The molecule has 1 rings (SSSR count). The summed E-state index contributed by atoms with van der Waals surface area (Å²) in [7, 11) is 1.67. The Labute approximate surface area is 108 Å². The van der Waals surface area contributed by atoms with Gasteiger partial charge in [0.2, 0.25) is 5.91 Å². The first kappa shape index (κ1) is 14.8. The van der Waals surface area contributed by atoms with Gasteiger partial charge in [-0.3, -0.25) is 4.79 Å². The second-order valence-corrected chi connectivity index (χ2v) is 5.70. The number of hydrogen-bond donors (Lipinski definition) is 2. The van der Waals surface area contributed by atoms with Gasteiger partial charge in [-0.2, -0.15) is 11.8 Å². The zero-order valence-corrected chi connectivity index (χ0v) is 11.9. The number of methoxy groups -OCH3 is 1. The first-order chi connectivity index (χ1) is 8.14. The quantitative estimate of drug-likeness (QED) is 0.744. The predicted octanol–water partition coefficient (Wildman–Crippen LogP) is 0.870. The second-order valence-electron chi connectivity index (χ2n) is 4.79. The van der Waals surface area contributed by atoms with Gasteiger partial charge < -0.3 is 15.4 Å². The Balaban J connectivity index is 2.59. The number of rotatable bonds is 6. The van der Waals surface area contributed by atoms with Crippen molar-refractivity contribution in [2.24, 2.45) is 5.41 Å². The number of nitrogens with one attached hydrogen (secondary N) is 2. The van der Waals surface area contributed by atoms with E-state index >= 15 is 0 Å². The lowest BCUT2D eigenvalue weighted by Crippen LogP contribution is -2.52. The topological polar surface area (TPSA) is 50.4 Å². The first-order valence-electron chi connectivity index (χ1n) is 6.14. The number of carbonyl (C=O) groups is 1. The third kappa shape index (κ3) is 4.16. The molecule has 0 aliphatic carbocycles. The lowest BCUT2D eigenvalue weighted by molar-refractivity contribution is -0.136. The van der Waals surface area contributed by atoms with E-state index in [-0.39, 0.29) is 17.4 Å². The molecule has 4 nitrogen and oxygen atoms in total. The van der Waals surface area contributed by atoms with Gasteiger partial charge in [-0.15, -0.1) is 0 Å². The van der Waals surface area contributed by atoms with Crippen molar-refractivity contribution in [3.8, 4) is 0 Å². The minimum Gasteiger partial charge on any atom is -0.384 e. The number of carbonyl (C=O) groups excluding carboxylic acids is 1. The molecule has 0 aromatic rings. The minimum atomic E-state index is -0.327. The van der Waals surface area contributed by atoms with E-state index < -0.39 is 0 Å².